The SMILES string of the molecule is CCCNC(=O)[C@H](C)N(Cc1cccc(Cl)c1)C(=O)CN(c1cccc(Cl)c1)S(C)(=O)=O. The molecule has 1 atom stereocenters. The third-order valence-corrected chi connectivity index (χ3v) is 6.34. The van der Waals surface area contributed by atoms with Crippen molar-refractivity contribution < 1.29 is 18.0 Å². The lowest BCUT2D eigenvalue weighted by Crippen LogP contribution is -2.51. The highest BCUT2D eigenvalue weighted by molar-refractivity contribution is 7.92. The Hall–Kier alpha value is -2.29. The smallest absolute Gasteiger partial charge is 0.244 e. The van der Waals surface area contributed by atoms with Crippen LogP contribution in [0.2, 0.25) is 10.0 Å². The molecule has 2 amide bonds. The van der Waals surface area contributed by atoms with Gasteiger partial charge in [0.25, 0.3) is 0 Å². The highest BCUT2D eigenvalue weighted by Gasteiger charge is 2.30. The number of rotatable bonds is 10. The van der Waals surface area contributed by atoms with Gasteiger partial charge in [-0.15, -0.1) is 0 Å². The maximum Gasteiger partial charge on any atom is 0.244 e. The summed E-state index contributed by atoms with van der Waals surface area (Å²) in [4.78, 5) is 27.3. The number of nitrogens with zero attached hydrogens (tertiary/aromatic N) is 2. The van der Waals surface area contributed by atoms with E-state index in [1.54, 1.807) is 49.4 Å². The summed E-state index contributed by atoms with van der Waals surface area (Å²) in [6.07, 6.45) is 1.76. The van der Waals surface area contributed by atoms with E-state index in [4.69, 9.17) is 23.2 Å². The molecule has 0 bridgehead atoms. The first-order valence-electron chi connectivity index (χ1n) is 10.1. The van der Waals surface area contributed by atoms with Crippen molar-refractivity contribution in [3.05, 3.63) is 64.1 Å². The molecule has 0 radical (unpaired) electrons. The minimum Gasteiger partial charge on any atom is -0.354 e. The number of carbonyl (C=O) groups is 2. The molecule has 0 aliphatic heterocycles. The number of sulfonamides is 1. The summed E-state index contributed by atoms with van der Waals surface area (Å²) in [5.41, 5.74) is 0.980. The van der Waals surface area contributed by atoms with Crippen LogP contribution in [-0.2, 0) is 26.2 Å². The van der Waals surface area contributed by atoms with Gasteiger partial charge in [0, 0.05) is 23.1 Å². The first kappa shape index (κ1) is 26.0. The van der Waals surface area contributed by atoms with Crippen molar-refractivity contribution in [2.45, 2.75) is 32.9 Å². The molecule has 0 fully saturated rings. The van der Waals surface area contributed by atoms with Gasteiger partial charge < -0.3 is 10.2 Å². The molecule has 2 rings (SSSR count). The van der Waals surface area contributed by atoms with E-state index in [1.807, 2.05) is 6.92 Å². The first-order chi connectivity index (χ1) is 15.0. The van der Waals surface area contributed by atoms with E-state index >= 15 is 0 Å². The van der Waals surface area contributed by atoms with Crippen molar-refractivity contribution in [2.24, 2.45) is 0 Å². The number of halogens is 2. The maximum atomic E-state index is 13.3. The van der Waals surface area contributed by atoms with Crippen LogP contribution in [0.5, 0.6) is 0 Å². The Bertz CT molecular complexity index is 1060. The normalized spacial score (nSPS) is 12.2. The zero-order chi connectivity index (χ0) is 23.9. The number of nitrogens with one attached hydrogen (secondary N) is 1. The van der Waals surface area contributed by atoms with Gasteiger partial charge in [0.15, 0.2) is 0 Å². The van der Waals surface area contributed by atoms with Crippen LogP contribution in [0.3, 0.4) is 0 Å². The van der Waals surface area contributed by atoms with E-state index in [9.17, 15) is 18.0 Å². The summed E-state index contributed by atoms with van der Waals surface area (Å²) in [7, 11) is -3.80. The van der Waals surface area contributed by atoms with E-state index in [0.29, 0.717) is 16.6 Å². The van der Waals surface area contributed by atoms with Gasteiger partial charge in [-0.25, -0.2) is 8.42 Å². The Morgan fingerprint density at radius 2 is 1.69 bits per heavy atom. The summed E-state index contributed by atoms with van der Waals surface area (Å²) in [6, 6.07) is 12.3. The van der Waals surface area contributed by atoms with Crippen molar-refractivity contribution >= 4 is 50.7 Å². The van der Waals surface area contributed by atoms with Gasteiger partial charge in [-0.2, -0.15) is 0 Å². The summed E-state index contributed by atoms with van der Waals surface area (Å²) in [6.45, 7) is 3.62. The number of amides is 2. The lowest BCUT2D eigenvalue weighted by atomic mass is 10.1. The molecule has 0 aliphatic rings. The standard InChI is InChI=1S/C22H27Cl2N3O4S/c1-4-11-25-22(29)16(2)26(14-17-7-5-8-18(23)12-17)21(28)15-27(32(3,30)31)20-10-6-9-19(24)13-20/h5-10,12-13,16H,4,11,14-15H2,1-3H3,(H,25,29)/t16-/m0/s1. The van der Waals surface area contributed by atoms with Crippen molar-refractivity contribution in [1.82, 2.24) is 10.2 Å². The molecule has 1 N–H and O–H groups in total. The van der Waals surface area contributed by atoms with E-state index in [0.717, 1.165) is 22.5 Å². The average Bonchev–Trinajstić information content (AvgIpc) is 2.72. The van der Waals surface area contributed by atoms with Crippen molar-refractivity contribution in [3.8, 4) is 0 Å². The van der Waals surface area contributed by atoms with Gasteiger partial charge in [-0.05, 0) is 49.2 Å². The Kier molecular flexibility index (Phi) is 9.36. The van der Waals surface area contributed by atoms with Gasteiger partial charge in [-0.3, -0.25) is 13.9 Å². The lowest BCUT2D eigenvalue weighted by Gasteiger charge is -2.31. The average molecular weight is 500 g/mol. The number of hydrogen-bond donors (Lipinski definition) is 1. The Morgan fingerprint density at radius 1 is 1.06 bits per heavy atom. The van der Waals surface area contributed by atoms with Crippen LogP contribution in [0.4, 0.5) is 5.69 Å². The molecular weight excluding hydrogens is 473 g/mol. The fraction of sp³-hybridized carbons (Fsp3) is 0.364. The second-order valence-electron chi connectivity index (χ2n) is 7.37. The molecule has 10 heteroatoms. The molecule has 2 aromatic rings. The molecule has 0 unspecified atom stereocenters. The molecule has 0 spiro atoms. The minimum atomic E-state index is -3.80. The summed E-state index contributed by atoms with van der Waals surface area (Å²) in [5, 5.41) is 3.61. The van der Waals surface area contributed by atoms with Crippen molar-refractivity contribution in [3.63, 3.8) is 0 Å². The number of anilines is 1. The van der Waals surface area contributed by atoms with Crippen LogP contribution in [0.1, 0.15) is 25.8 Å². The third kappa shape index (κ3) is 7.39. The molecule has 174 valence electrons. The first-order valence-corrected chi connectivity index (χ1v) is 12.7. The highest BCUT2D eigenvalue weighted by atomic mass is 35.5. The van der Waals surface area contributed by atoms with Gasteiger partial charge >= 0.3 is 0 Å². The topological polar surface area (TPSA) is 86.8 Å². The molecule has 0 saturated heterocycles. The van der Waals surface area contributed by atoms with Crippen LogP contribution in [0, 0.1) is 0 Å². The molecule has 0 aromatic heterocycles. The molecule has 2 aromatic carbocycles. The van der Waals surface area contributed by atoms with Crippen LogP contribution in [0.15, 0.2) is 48.5 Å². The lowest BCUT2D eigenvalue weighted by molar-refractivity contribution is -0.139. The third-order valence-electron chi connectivity index (χ3n) is 4.73. The Labute approximate surface area is 199 Å². The van der Waals surface area contributed by atoms with E-state index in [-0.39, 0.29) is 18.1 Å². The Morgan fingerprint density at radius 3 is 2.25 bits per heavy atom. The van der Waals surface area contributed by atoms with Gasteiger partial charge in [0.2, 0.25) is 21.8 Å². The van der Waals surface area contributed by atoms with Crippen molar-refractivity contribution in [1.29, 1.82) is 0 Å². The maximum absolute atomic E-state index is 13.3. The Balaban J connectivity index is 2.37. The molecule has 0 heterocycles. The zero-order valence-corrected chi connectivity index (χ0v) is 20.5. The fourth-order valence-electron chi connectivity index (χ4n) is 3.06. The zero-order valence-electron chi connectivity index (χ0n) is 18.2. The highest BCUT2D eigenvalue weighted by Crippen LogP contribution is 2.23. The minimum absolute atomic E-state index is 0.0905. The molecule has 32 heavy (non-hydrogen) atoms. The molecule has 0 saturated carbocycles. The molecule has 7 nitrogen and oxygen atoms in total. The summed E-state index contributed by atoms with van der Waals surface area (Å²) in [5.74, 6) is -0.856. The van der Waals surface area contributed by atoms with Crippen LogP contribution < -0.4 is 9.62 Å². The van der Waals surface area contributed by atoms with E-state index in [1.165, 1.54) is 11.0 Å². The molecular formula is C22H27Cl2N3O4S. The van der Waals surface area contributed by atoms with Gasteiger partial charge in [-0.1, -0.05) is 48.3 Å². The van der Waals surface area contributed by atoms with Gasteiger partial charge in [0.1, 0.15) is 12.6 Å². The number of benzene rings is 2. The van der Waals surface area contributed by atoms with Crippen LogP contribution >= 0.6 is 23.2 Å². The summed E-state index contributed by atoms with van der Waals surface area (Å²) >= 11 is 12.1. The quantitative estimate of drug-likeness (QED) is 0.539. The fourth-order valence-corrected chi connectivity index (χ4v) is 4.29. The van der Waals surface area contributed by atoms with E-state index < -0.39 is 28.5 Å². The number of carbonyl (C=O) groups excluding carboxylic acids is 2. The van der Waals surface area contributed by atoms with Crippen molar-refractivity contribution in [2.75, 3.05) is 23.7 Å². The van der Waals surface area contributed by atoms with Gasteiger partial charge in [0.05, 0.1) is 11.9 Å². The largest absolute Gasteiger partial charge is 0.354 e. The van der Waals surface area contributed by atoms with Crippen LogP contribution in [-0.4, -0.2) is 50.5 Å². The van der Waals surface area contributed by atoms with Crippen LogP contribution in [0.25, 0.3) is 0 Å². The predicted octanol–water partition coefficient (Wildman–Crippen LogP) is 3.70. The summed E-state index contributed by atoms with van der Waals surface area (Å²) < 4.78 is 25.9. The monoisotopic (exact) mass is 499 g/mol. The van der Waals surface area contributed by atoms with E-state index in [2.05, 4.69) is 5.32 Å². The molecule has 0 aliphatic carbocycles. The second-order valence-corrected chi connectivity index (χ2v) is 10.1. The predicted molar refractivity (Wildman–Crippen MR) is 128 cm³/mol. The number of hydrogen-bond acceptors (Lipinski definition) is 4. The second kappa shape index (κ2) is 11.5.